The highest BCUT2D eigenvalue weighted by Gasteiger charge is 2.34. The number of amides is 1. The number of aliphatic hydroxyl groups excluding tert-OH is 1. The molecule has 0 bridgehead atoms. The average Bonchev–Trinajstić information content (AvgIpc) is 3.39. The van der Waals surface area contributed by atoms with Crippen LogP contribution in [-0.4, -0.2) is 91.7 Å². The Morgan fingerprint density at radius 2 is 1.62 bits per heavy atom. The second-order valence-electron chi connectivity index (χ2n) is 7.47. The van der Waals surface area contributed by atoms with Gasteiger partial charge >= 0.3 is 0 Å². The second kappa shape index (κ2) is 7.27. The number of rotatable bonds is 5. The molecule has 1 amide bonds. The zero-order valence-corrected chi connectivity index (χ0v) is 15.2. The molecule has 1 aliphatic carbocycles. The highest BCUT2D eigenvalue weighted by molar-refractivity contribution is 7.88. The van der Waals surface area contributed by atoms with Crippen LogP contribution in [0.1, 0.15) is 25.7 Å². The van der Waals surface area contributed by atoms with Crippen LogP contribution < -0.4 is 0 Å². The largest absolute Gasteiger partial charge is 0.392 e. The van der Waals surface area contributed by atoms with E-state index < -0.39 is 10.0 Å². The monoisotopic (exact) mass is 359 g/mol. The van der Waals surface area contributed by atoms with Gasteiger partial charge in [0, 0.05) is 51.7 Å². The van der Waals surface area contributed by atoms with Crippen LogP contribution in [-0.2, 0) is 14.8 Å². The predicted molar refractivity (Wildman–Crippen MR) is 90.9 cm³/mol. The molecular weight excluding hydrogens is 330 g/mol. The highest BCUT2D eigenvalue weighted by Crippen LogP contribution is 2.33. The minimum Gasteiger partial charge on any atom is -0.392 e. The molecule has 24 heavy (non-hydrogen) atoms. The summed E-state index contributed by atoms with van der Waals surface area (Å²) in [5.41, 5.74) is 0. The minimum atomic E-state index is -3.14. The molecule has 3 aliphatic rings. The van der Waals surface area contributed by atoms with E-state index in [1.54, 1.807) is 0 Å². The van der Waals surface area contributed by atoms with Crippen LogP contribution in [0.5, 0.6) is 0 Å². The van der Waals surface area contributed by atoms with Crippen molar-refractivity contribution in [1.29, 1.82) is 0 Å². The Bertz CT molecular complexity index is 548. The highest BCUT2D eigenvalue weighted by atomic mass is 32.2. The van der Waals surface area contributed by atoms with Crippen molar-refractivity contribution < 1.29 is 18.3 Å². The average molecular weight is 359 g/mol. The quantitative estimate of drug-likeness (QED) is 0.721. The summed E-state index contributed by atoms with van der Waals surface area (Å²) in [6.07, 6.45) is 4.54. The molecule has 0 aromatic heterocycles. The lowest BCUT2D eigenvalue weighted by molar-refractivity contribution is -0.138. The van der Waals surface area contributed by atoms with Gasteiger partial charge in [-0.25, -0.2) is 12.7 Å². The Labute approximate surface area is 144 Å². The third-order valence-corrected chi connectivity index (χ3v) is 6.87. The summed E-state index contributed by atoms with van der Waals surface area (Å²) in [4.78, 5) is 16.8. The first kappa shape index (κ1) is 18.1. The molecule has 1 saturated carbocycles. The van der Waals surface area contributed by atoms with Gasteiger partial charge in [0.2, 0.25) is 15.9 Å². The fourth-order valence-corrected chi connectivity index (χ4v) is 4.61. The van der Waals surface area contributed by atoms with Crippen molar-refractivity contribution in [2.45, 2.75) is 31.8 Å². The molecule has 8 heteroatoms. The first-order valence-electron chi connectivity index (χ1n) is 8.99. The molecule has 7 nitrogen and oxygen atoms in total. The minimum absolute atomic E-state index is 0.0494. The molecule has 0 unspecified atom stereocenters. The van der Waals surface area contributed by atoms with E-state index in [-0.39, 0.29) is 17.9 Å². The van der Waals surface area contributed by atoms with E-state index in [1.807, 2.05) is 4.90 Å². The summed E-state index contributed by atoms with van der Waals surface area (Å²) in [6, 6.07) is 0. The Balaban J connectivity index is 1.42. The lowest BCUT2D eigenvalue weighted by Gasteiger charge is -2.38. The molecule has 1 atom stereocenters. The van der Waals surface area contributed by atoms with E-state index >= 15 is 0 Å². The number of sulfonamides is 1. The fourth-order valence-electron chi connectivity index (χ4n) is 3.74. The van der Waals surface area contributed by atoms with Crippen molar-refractivity contribution >= 4 is 15.9 Å². The van der Waals surface area contributed by atoms with Crippen LogP contribution in [0, 0.1) is 11.8 Å². The number of hydrogen-bond acceptors (Lipinski definition) is 5. The van der Waals surface area contributed by atoms with E-state index in [9.17, 15) is 18.3 Å². The first-order chi connectivity index (χ1) is 11.3. The summed E-state index contributed by atoms with van der Waals surface area (Å²) in [5.74, 6) is 0.613. The molecule has 2 saturated heterocycles. The third kappa shape index (κ3) is 4.47. The van der Waals surface area contributed by atoms with Crippen LogP contribution >= 0.6 is 0 Å². The normalized spacial score (nSPS) is 26.5. The van der Waals surface area contributed by atoms with Crippen molar-refractivity contribution in [1.82, 2.24) is 14.1 Å². The van der Waals surface area contributed by atoms with E-state index in [4.69, 9.17) is 0 Å². The third-order valence-electron chi connectivity index (χ3n) is 5.57. The summed E-state index contributed by atoms with van der Waals surface area (Å²) in [7, 11) is -3.14. The van der Waals surface area contributed by atoms with Crippen LogP contribution in [0.4, 0.5) is 0 Å². The molecule has 0 spiro atoms. The standard InChI is InChI=1S/C16H29N3O4S/c1-24(22,23)19-6-4-14(5-7-19)16(21)18-10-8-17(9-11-18)12-15(20)13-2-3-13/h13-15,20H,2-12H2,1H3/t15-/m0/s1. The van der Waals surface area contributed by atoms with Crippen molar-refractivity contribution in [2.24, 2.45) is 11.8 Å². The summed E-state index contributed by atoms with van der Waals surface area (Å²) >= 11 is 0. The van der Waals surface area contributed by atoms with Gasteiger partial charge in [0.1, 0.15) is 0 Å². The van der Waals surface area contributed by atoms with Crippen molar-refractivity contribution in [3.8, 4) is 0 Å². The molecule has 1 N–H and O–H groups in total. The number of aliphatic hydroxyl groups is 1. The molecular formula is C16H29N3O4S. The predicted octanol–water partition coefficient (Wildman–Crippen LogP) is -0.427. The Kier molecular flexibility index (Phi) is 5.48. The molecule has 2 heterocycles. The van der Waals surface area contributed by atoms with Gasteiger partial charge in [-0.05, 0) is 31.6 Å². The number of hydrogen-bond donors (Lipinski definition) is 1. The molecule has 0 aromatic carbocycles. The van der Waals surface area contributed by atoms with Crippen molar-refractivity contribution in [3.05, 3.63) is 0 Å². The van der Waals surface area contributed by atoms with Crippen LogP contribution in [0.3, 0.4) is 0 Å². The fraction of sp³-hybridized carbons (Fsp3) is 0.938. The first-order valence-corrected chi connectivity index (χ1v) is 10.8. The maximum absolute atomic E-state index is 12.6. The van der Waals surface area contributed by atoms with E-state index in [0.717, 1.165) is 32.5 Å². The maximum atomic E-state index is 12.6. The number of carbonyl (C=O) groups excluding carboxylic acids is 1. The van der Waals surface area contributed by atoms with Gasteiger partial charge in [-0.15, -0.1) is 0 Å². The van der Waals surface area contributed by atoms with E-state index in [1.165, 1.54) is 10.6 Å². The molecule has 3 fully saturated rings. The van der Waals surface area contributed by atoms with Gasteiger partial charge in [0.25, 0.3) is 0 Å². The number of piperazine rings is 1. The lowest BCUT2D eigenvalue weighted by atomic mass is 9.96. The van der Waals surface area contributed by atoms with Crippen LogP contribution in [0.2, 0.25) is 0 Å². The van der Waals surface area contributed by atoms with Gasteiger partial charge in [0.15, 0.2) is 0 Å². The van der Waals surface area contributed by atoms with Gasteiger partial charge in [-0.3, -0.25) is 9.69 Å². The SMILES string of the molecule is CS(=O)(=O)N1CCC(C(=O)N2CCN(C[C@H](O)C3CC3)CC2)CC1. The Hall–Kier alpha value is -0.700. The van der Waals surface area contributed by atoms with Crippen LogP contribution in [0.15, 0.2) is 0 Å². The number of nitrogens with zero attached hydrogens (tertiary/aromatic N) is 3. The zero-order valence-electron chi connectivity index (χ0n) is 14.4. The Morgan fingerprint density at radius 3 is 2.12 bits per heavy atom. The smallest absolute Gasteiger partial charge is 0.225 e. The maximum Gasteiger partial charge on any atom is 0.225 e. The zero-order chi connectivity index (χ0) is 17.3. The summed E-state index contributed by atoms with van der Waals surface area (Å²) in [6.45, 7) is 4.67. The molecule has 2 aliphatic heterocycles. The van der Waals surface area contributed by atoms with Crippen molar-refractivity contribution in [2.75, 3.05) is 52.1 Å². The number of piperidine rings is 1. The van der Waals surface area contributed by atoms with Gasteiger partial charge in [-0.1, -0.05) is 0 Å². The molecule has 3 rings (SSSR count). The van der Waals surface area contributed by atoms with Crippen LogP contribution in [0.25, 0.3) is 0 Å². The number of carbonyl (C=O) groups is 1. The van der Waals surface area contributed by atoms with Gasteiger partial charge in [0.05, 0.1) is 12.4 Å². The Morgan fingerprint density at radius 1 is 1.04 bits per heavy atom. The second-order valence-corrected chi connectivity index (χ2v) is 9.45. The van der Waals surface area contributed by atoms with Gasteiger partial charge < -0.3 is 10.0 Å². The lowest BCUT2D eigenvalue weighted by Crippen LogP contribution is -2.53. The number of β-amino-alcohol motifs (C(OH)–C–C–N with tert-alkyl or cyclic N) is 1. The van der Waals surface area contributed by atoms with Gasteiger partial charge in [-0.2, -0.15) is 0 Å². The molecule has 0 radical (unpaired) electrons. The van der Waals surface area contributed by atoms with E-state index in [0.29, 0.717) is 44.9 Å². The van der Waals surface area contributed by atoms with Crippen molar-refractivity contribution in [3.63, 3.8) is 0 Å². The molecule has 138 valence electrons. The summed E-state index contributed by atoms with van der Waals surface area (Å²) < 4.78 is 24.6. The van der Waals surface area contributed by atoms with E-state index in [2.05, 4.69) is 4.90 Å². The molecule has 0 aromatic rings. The summed E-state index contributed by atoms with van der Waals surface area (Å²) in [5, 5.41) is 10.0. The topological polar surface area (TPSA) is 81.2 Å².